The van der Waals surface area contributed by atoms with Crippen molar-refractivity contribution in [3.63, 3.8) is 0 Å². The molecule has 1 aliphatic carbocycles. The Bertz CT molecular complexity index is 270. The fourth-order valence-corrected chi connectivity index (χ4v) is 2.08. The molecule has 0 radical (unpaired) electrons. The quantitative estimate of drug-likeness (QED) is 0.643. The lowest BCUT2D eigenvalue weighted by molar-refractivity contribution is 0.385. The second-order valence-electron chi connectivity index (χ2n) is 7.71. The molecule has 0 aromatic carbocycles. The minimum absolute atomic E-state index is 0.176. The fraction of sp³-hybridized carbons (Fsp3) is 0.875. The van der Waals surface area contributed by atoms with Crippen molar-refractivity contribution < 1.29 is 0 Å². The van der Waals surface area contributed by atoms with E-state index in [-0.39, 0.29) is 10.8 Å². The predicted octanol–water partition coefficient (Wildman–Crippen LogP) is 4.53. The van der Waals surface area contributed by atoms with E-state index >= 15 is 0 Å². The van der Waals surface area contributed by atoms with Gasteiger partial charge in [0.2, 0.25) is 0 Å². The second kappa shape index (κ2) is 5.99. The standard InChI is InChI=1S/C16H30N2/c1-15(2,3)11-17-13-9-7-8-10-14(13)18-12-16(4,5)6/h11-14H,7-10H2,1-6H3/b17-11+,18-12+/t13-,14-/m1/s1. The van der Waals surface area contributed by atoms with Gasteiger partial charge in [-0.2, -0.15) is 0 Å². The summed E-state index contributed by atoms with van der Waals surface area (Å²) in [4.78, 5) is 9.60. The lowest BCUT2D eigenvalue weighted by Gasteiger charge is -2.27. The van der Waals surface area contributed by atoms with E-state index in [1.54, 1.807) is 0 Å². The van der Waals surface area contributed by atoms with Crippen LogP contribution in [0.1, 0.15) is 67.2 Å². The van der Waals surface area contributed by atoms with Gasteiger partial charge in [-0.25, -0.2) is 0 Å². The molecule has 1 saturated carbocycles. The van der Waals surface area contributed by atoms with Gasteiger partial charge in [0, 0.05) is 12.4 Å². The molecular formula is C16H30N2. The molecule has 0 amide bonds. The lowest BCUT2D eigenvalue weighted by atomic mass is 9.90. The largest absolute Gasteiger partial charge is 0.291 e. The van der Waals surface area contributed by atoms with Crippen molar-refractivity contribution in [2.75, 3.05) is 0 Å². The van der Waals surface area contributed by atoms with Gasteiger partial charge in [-0.1, -0.05) is 54.4 Å². The topological polar surface area (TPSA) is 24.7 Å². The molecule has 0 bridgehead atoms. The Morgan fingerprint density at radius 2 is 1.06 bits per heavy atom. The maximum absolute atomic E-state index is 4.80. The zero-order valence-electron chi connectivity index (χ0n) is 13.0. The zero-order valence-corrected chi connectivity index (χ0v) is 13.0. The molecule has 0 unspecified atom stereocenters. The molecule has 0 spiro atoms. The first kappa shape index (κ1) is 15.4. The summed E-state index contributed by atoms with van der Waals surface area (Å²) in [7, 11) is 0. The summed E-state index contributed by atoms with van der Waals surface area (Å²) < 4.78 is 0. The normalized spacial score (nSPS) is 27.2. The molecule has 1 rings (SSSR count). The summed E-state index contributed by atoms with van der Waals surface area (Å²) in [6.45, 7) is 13.2. The summed E-state index contributed by atoms with van der Waals surface area (Å²) in [5, 5.41) is 0. The van der Waals surface area contributed by atoms with Crippen molar-refractivity contribution in [3.8, 4) is 0 Å². The average molecular weight is 250 g/mol. The summed E-state index contributed by atoms with van der Waals surface area (Å²) in [5.41, 5.74) is 0.353. The Hall–Kier alpha value is -0.660. The molecule has 2 nitrogen and oxygen atoms in total. The van der Waals surface area contributed by atoms with E-state index in [4.69, 9.17) is 9.98 Å². The van der Waals surface area contributed by atoms with E-state index in [0.29, 0.717) is 12.1 Å². The molecule has 0 N–H and O–H groups in total. The van der Waals surface area contributed by atoms with Crippen LogP contribution >= 0.6 is 0 Å². The van der Waals surface area contributed by atoms with Crippen LogP contribution in [-0.4, -0.2) is 24.5 Å². The van der Waals surface area contributed by atoms with Crippen LogP contribution in [0.2, 0.25) is 0 Å². The number of nitrogens with zero attached hydrogens (tertiary/aromatic N) is 2. The van der Waals surface area contributed by atoms with Gasteiger partial charge < -0.3 is 0 Å². The average Bonchev–Trinajstić information content (AvgIpc) is 2.22. The van der Waals surface area contributed by atoms with Crippen LogP contribution in [0.15, 0.2) is 9.98 Å². The van der Waals surface area contributed by atoms with Gasteiger partial charge in [0.15, 0.2) is 0 Å². The SMILES string of the molecule is CC(C)(C)/C=N/[C@@H]1CCCC[C@H]1/N=C/C(C)(C)C. The minimum atomic E-state index is 0.176. The highest BCUT2D eigenvalue weighted by atomic mass is 14.9. The molecule has 0 heterocycles. The third kappa shape index (κ3) is 6.32. The molecule has 2 heteroatoms. The van der Waals surface area contributed by atoms with Gasteiger partial charge >= 0.3 is 0 Å². The number of rotatable bonds is 2. The maximum atomic E-state index is 4.80. The third-order valence-electron chi connectivity index (χ3n) is 3.00. The molecule has 2 atom stereocenters. The Balaban J connectivity index is 2.69. The zero-order chi connectivity index (χ0) is 13.8. The first-order valence-electron chi connectivity index (χ1n) is 7.26. The predicted molar refractivity (Wildman–Crippen MR) is 81.9 cm³/mol. The second-order valence-corrected chi connectivity index (χ2v) is 7.71. The summed E-state index contributed by atoms with van der Waals surface area (Å²) in [6, 6.07) is 0.799. The van der Waals surface area contributed by atoms with E-state index in [0.717, 1.165) is 0 Å². The Morgan fingerprint density at radius 3 is 1.33 bits per heavy atom. The molecular weight excluding hydrogens is 220 g/mol. The van der Waals surface area contributed by atoms with Gasteiger partial charge in [-0.3, -0.25) is 9.98 Å². The van der Waals surface area contributed by atoms with Gasteiger partial charge in [0.1, 0.15) is 0 Å². The molecule has 1 aliphatic rings. The molecule has 0 saturated heterocycles. The fourth-order valence-electron chi connectivity index (χ4n) is 2.08. The summed E-state index contributed by atoms with van der Waals surface area (Å²) in [6.07, 6.45) is 9.21. The van der Waals surface area contributed by atoms with E-state index in [1.165, 1.54) is 25.7 Å². The molecule has 0 aromatic rings. The highest BCUT2D eigenvalue weighted by Crippen LogP contribution is 2.25. The lowest BCUT2D eigenvalue weighted by Crippen LogP contribution is -2.28. The smallest absolute Gasteiger partial charge is 0.0719 e. The van der Waals surface area contributed by atoms with E-state index in [1.807, 2.05) is 0 Å². The van der Waals surface area contributed by atoms with Crippen molar-refractivity contribution >= 4 is 12.4 Å². The van der Waals surface area contributed by atoms with Crippen LogP contribution in [0, 0.1) is 10.8 Å². The molecule has 18 heavy (non-hydrogen) atoms. The first-order chi connectivity index (χ1) is 8.17. The summed E-state index contributed by atoms with van der Waals surface area (Å²) >= 11 is 0. The van der Waals surface area contributed by atoms with Crippen LogP contribution in [0.4, 0.5) is 0 Å². The van der Waals surface area contributed by atoms with Crippen LogP contribution in [0.5, 0.6) is 0 Å². The van der Waals surface area contributed by atoms with E-state index in [9.17, 15) is 0 Å². The van der Waals surface area contributed by atoms with Crippen LogP contribution in [0.25, 0.3) is 0 Å². The van der Waals surface area contributed by atoms with Crippen molar-refractivity contribution in [2.24, 2.45) is 20.8 Å². The third-order valence-corrected chi connectivity index (χ3v) is 3.00. The monoisotopic (exact) mass is 250 g/mol. The number of hydrogen-bond donors (Lipinski definition) is 0. The van der Waals surface area contributed by atoms with Crippen molar-refractivity contribution in [1.82, 2.24) is 0 Å². The number of hydrogen-bond acceptors (Lipinski definition) is 2. The van der Waals surface area contributed by atoms with E-state index in [2.05, 4.69) is 54.0 Å². The summed E-state index contributed by atoms with van der Waals surface area (Å²) in [5.74, 6) is 0. The Labute approximate surface area is 113 Å². The van der Waals surface area contributed by atoms with Crippen LogP contribution in [-0.2, 0) is 0 Å². The van der Waals surface area contributed by atoms with Gasteiger partial charge in [-0.15, -0.1) is 0 Å². The van der Waals surface area contributed by atoms with Gasteiger partial charge in [0.05, 0.1) is 12.1 Å². The molecule has 104 valence electrons. The van der Waals surface area contributed by atoms with Gasteiger partial charge in [-0.05, 0) is 23.7 Å². The number of aliphatic imine (C=N–C) groups is 2. The van der Waals surface area contributed by atoms with Crippen molar-refractivity contribution in [1.29, 1.82) is 0 Å². The van der Waals surface area contributed by atoms with Crippen LogP contribution < -0.4 is 0 Å². The highest BCUT2D eigenvalue weighted by Gasteiger charge is 2.24. The minimum Gasteiger partial charge on any atom is -0.291 e. The highest BCUT2D eigenvalue weighted by molar-refractivity contribution is 5.65. The molecule has 1 fully saturated rings. The molecule has 0 aromatic heterocycles. The van der Waals surface area contributed by atoms with Gasteiger partial charge in [0.25, 0.3) is 0 Å². The first-order valence-corrected chi connectivity index (χ1v) is 7.26. The Kier molecular flexibility index (Phi) is 5.12. The maximum Gasteiger partial charge on any atom is 0.0719 e. The molecule has 0 aliphatic heterocycles. The Morgan fingerprint density at radius 1 is 0.722 bits per heavy atom. The van der Waals surface area contributed by atoms with E-state index < -0.39 is 0 Å². The van der Waals surface area contributed by atoms with Crippen molar-refractivity contribution in [2.45, 2.75) is 79.3 Å². The van der Waals surface area contributed by atoms with Crippen molar-refractivity contribution in [3.05, 3.63) is 0 Å². The van der Waals surface area contributed by atoms with Crippen LogP contribution in [0.3, 0.4) is 0 Å².